The summed E-state index contributed by atoms with van der Waals surface area (Å²) in [5.41, 5.74) is 3.72. The normalized spacial score (nSPS) is 10.5. The smallest absolute Gasteiger partial charge is 0.260 e. The molecule has 142 valence electrons. The minimum Gasteiger partial charge on any atom is -0.483 e. The Morgan fingerprint density at radius 1 is 1.07 bits per heavy atom. The minimum absolute atomic E-state index is 0.00794. The van der Waals surface area contributed by atoms with E-state index in [1.165, 1.54) is 0 Å². The molecule has 0 aliphatic carbocycles. The summed E-state index contributed by atoms with van der Waals surface area (Å²) < 4.78 is 5.79. The lowest BCUT2D eigenvalue weighted by Crippen LogP contribution is -2.39. The zero-order chi connectivity index (χ0) is 19.8. The lowest BCUT2D eigenvalue weighted by atomic mass is 10.1. The minimum atomic E-state index is -0.0536. The predicted molar refractivity (Wildman–Crippen MR) is 107 cm³/mol. The van der Waals surface area contributed by atoms with Gasteiger partial charge in [-0.05, 0) is 62.8 Å². The summed E-state index contributed by atoms with van der Waals surface area (Å²) in [4.78, 5) is 16.6. The molecule has 0 N–H and O–H groups in total. The van der Waals surface area contributed by atoms with E-state index in [1.807, 2.05) is 63.2 Å². The first-order valence-corrected chi connectivity index (χ1v) is 9.00. The number of amides is 1. The quantitative estimate of drug-likeness (QED) is 0.721. The summed E-state index contributed by atoms with van der Waals surface area (Å²) >= 11 is 0. The lowest BCUT2D eigenvalue weighted by molar-refractivity contribution is -0.134. The van der Waals surface area contributed by atoms with Gasteiger partial charge in [-0.1, -0.05) is 24.3 Å². The first-order valence-electron chi connectivity index (χ1n) is 9.00. The molecule has 27 heavy (non-hydrogen) atoms. The molecule has 0 saturated carbocycles. The standard InChI is InChI=1S/C22H27N3O2/c1-17-5-6-18(2)21(13-17)27-16-22(26)25(12-11-24(3)4)15-20-9-7-19(14-23)8-10-20/h5-10,13H,11-12,15-16H2,1-4H3. The predicted octanol–water partition coefficient (Wildman–Crippen LogP) is 3.14. The maximum atomic E-state index is 12.8. The van der Waals surface area contributed by atoms with Crippen LogP contribution in [-0.2, 0) is 11.3 Å². The van der Waals surface area contributed by atoms with Crippen LogP contribution in [0.3, 0.4) is 0 Å². The van der Waals surface area contributed by atoms with Crippen molar-refractivity contribution in [3.05, 3.63) is 64.7 Å². The molecule has 0 aliphatic rings. The zero-order valence-electron chi connectivity index (χ0n) is 16.5. The Bertz CT molecular complexity index is 807. The van der Waals surface area contributed by atoms with Crippen molar-refractivity contribution in [2.45, 2.75) is 20.4 Å². The highest BCUT2D eigenvalue weighted by atomic mass is 16.5. The molecule has 2 aromatic carbocycles. The highest BCUT2D eigenvalue weighted by Crippen LogP contribution is 2.19. The topological polar surface area (TPSA) is 56.6 Å². The molecule has 0 bridgehead atoms. The fourth-order valence-corrected chi connectivity index (χ4v) is 2.61. The summed E-state index contributed by atoms with van der Waals surface area (Å²) in [7, 11) is 3.97. The van der Waals surface area contributed by atoms with Gasteiger partial charge < -0.3 is 14.5 Å². The van der Waals surface area contributed by atoms with Crippen LogP contribution in [-0.4, -0.2) is 49.5 Å². The van der Waals surface area contributed by atoms with E-state index in [-0.39, 0.29) is 12.5 Å². The van der Waals surface area contributed by atoms with Crippen LogP contribution in [0, 0.1) is 25.2 Å². The van der Waals surface area contributed by atoms with Gasteiger partial charge in [0.1, 0.15) is 5.75 Å². The van der Waals surface area contributed by atoms with Crippen LogP contribution in [0.4, 0.5) is 0 Å². The molecule has 2 rings (SSSR count). The van der Waals surface area contributed by atoms with Crippen molar-refractivity contribution in [2.24, 2.45) is 0 Å². The Hall–Kier alpha value is -2.84. The van der Waals surface area contributed by atoms with E-state index >= 15 is 0 Å². The van der Waals surface area contributed by atoms with Crippen molar-refractivity contribution in [3.8, 4) is 11.8 Å². The van der Waals surface area contributed by atoms with E-state index in [4.69, 9.17) is 10.00 Å². The van der Waals surface area contributed by atoms with Crippen molar-refractivity contribution >= 4 is 5.91 Å². The van der Waals surface area contributed by atoms with Crippen LogP contribution in [0.2, 0.25) is 0 Å². The second kappa shape index (κ2) is 9.75. The summed E-state index contributed by atoms with van der Waals surface area (Å²) in [6.45, 7) is 5.86. The van der Waals surface area contributed by atoms with Gasteiger partial charge in [0.25, 0.3) is 5.91 Å². The number of carbonyl (C=O) groups excluding carboxylic acids is 1. The number of aryl methyl sites for hydroxylation is 2. The van der Waals surface area contributed by atoms with Gasteiger partial charge >= 0.3 is 0 Å². The molecule has 5 nitrogen and oxygen atoms in total. The lowest BCUT2D eigenvalue weighted by Gasteiger charge is -2.25. The molecule has 0 aromatic heterocycles. The van der Waals surface area contributed by atoms with Crippen LogP contribution in [0.5, 0.6) is 5.75 Å². The molecule has 0 spiro atoms. The molecule has 2 aromatic rings. The maximum absolute atomic E-state index is 12.8. The third-order valence-electron chi connectivity index (χ3n) is 4.32. The van der Waals surface area contributed by atoms with Crippen molar-refractivity contribution in [1.29, 1.82) is 5.26 Å². The first kappa shape index (κ1) is 20.5. The van der Waals surface area contributed by atoms with Gasteiger partial charge in [-0.25, -0.2) is 0 Å². The van der Waals surface area contributed by atoms with Gasteiger partial charge in [-0.15, -0.1) is 0 Å². The van der Waals surface area contributed by atoms with Crippen LogP contribution in [0.25, 0.3) is 0 Å². The van der Waals surface area contributed by atoms with Crippen LogP contribution < -0.4 is 4.74 Å². The number of carbonyl (C=O) groups is 1. The summed E-state index contributed by atoms with van der Waals surface area (Å²) in [5, 5.41) is 8.93. The Kier molecular flexibility index (Phi) is 7.39. The molecule has 0 saturated heterocycles. The Balaban J connectivity index is 2.05. The van der Waals surface area contributed by atoms with Gasteiger partial charge in [0.15, 0.2) is 6.61 Å². The van der Waals surface area contributed by atoms with Crippen molar-refractivity contribution in [1.82, 2.24) is 9.80 Å². The molecule has 1 amide bonds. The molecule has 0 radical (unpaired) electrons. The highest BCUT2D eigenvalue weighted by molar-refractivity contribution is 5.77. The number of hydrogen-bond donors (Lipinski definition) is 0. The summed E-state index contributed by atoms with van der Waals surface area (Å²) in [6, 6.07) is 15.4. The number of benzene rings is 2. The van der Waals surface area contributed by atoms with Crippen LogP contribution in [0.1, 0.15) is 22.3 Å². The zero-order valence-corrected chi connectivity index (χ0v) is 16.5. The number of rotatable bonds is 8. The number of likely N-dealkylation sites (N-methyl/N-ethyl adjacent to an activating group) is 1. The third kappa shape index (κ3) is 6.43. The monoisotopic (exact) mass is 365 g/mol. The van der Waals surface area contributed by atoms with E-state index in [0.29, 0.717) is 18.7 Å². The molecule has 0 unspecified atom stereocenters. The van der Waals surface area contributed by atoms with E-state index in [9.17, 15) is 4.79 Å². The summed E-state index contributed by atoms with van der Waals surface area (Å²) in [6.07, 6.45) is 0. The van der Waals surface area contributed by atoms with Crippen molar-refractivity contribution < 1.29 is 9.53 Å². The molecule has 0 fully saturated rings. The second-order valence-electron chi connectivity index (χ2n) is 6.98. The average Bonchev–Trinajstić information content (AvgIpc) is 2.65. The number of ether oxygens (including phenoxy) is 1. The van der Waals surface area contributed by atoms with E-state index in [2.05, 4.69) is 6.07 Å². The molecule has 0 heterocycles. The van der Waals surface area contributed by atoms with E-state index < -0.39 is 0 Å². The van der Waals surface area contributed by atoms with E-state index in [0.717, 1.165) is 29.0 Å². The van der Waals surface area contributed by atoms with E-state index in [1.54, 1.807) is 17.0 Å². The molecular weight excluding hydrogens is 338 g/mol. The largest absolute Gasteiger partial charge is 0.483 e. The molecule has 5 heteroatoms. The van der Waals surface area contributed by atoms with Gasteiger partial charge in [0, 0.05) is 19.6 Å². The Morgan fingerprint density at radius 3 is 2.41 bits per heavy atom. The van der Waals surface area contributed by atoms with Crippen molar-refractivity contribution in [3.63, 3.8) is 0 Å². The second-order valence-corrected chi connectivity index (χ2v) is 6.98. The maximum Gasteiger partial charge on any atom is 0.260 e. The number of nitrogens with zero attached hydrogens (tertiary/aromatic N) is 3. The average molecular weight is 365 g/mol. The Labute approximate surface area is 161 Å². The van der Waals surface area contributed by atoms with Crippen LogP contribution >= 0.6 is 0 Å². The fraction of sp³-hybridized carbons (Fsp3) is 0.364. The summed E-state index contributed by atoms with van der Waals surface area (Å²) in [5.74, 6) is 0.691. The molecular formula is C22H27N3O2. The molecule has 0 aliphatic heterocycles. The fourth-order valence-electron chi connectivity index (χ4n) is 2.61. The van der Waals surface area contributed by atoms with Gasteiger partial charge in [0.05, 0.1) is 11.6 Å². The van der Waals surface area contributed by atoms with Crippen LogP contribution in [0.15, 0.2) is 42.5 Å². The highest BCUT2D eigenvalue weighted by Gasteiger charge is 2.16. The van der Waals surface area contributed by atoms with Gasteiger partial charge in [0.2, 0.25) is 0 Å². The first-order chi connectivity index (χ1) is 12.9. The molecule has 0 atom stereocenters. The Morgan fingerprint density at radius 2 is 1.78 bits per heavy atom. The van der Waals surface area contributed by atoms with Gasteiger partial charge in [-0.2, -0.15) is 5.26 Å². The number of hydrogen-bond acceptors (Lipinski definition) is 4. The third-order valence-corrected chi connectivity index (χ3v) is 4.32. The van der Waals surface area contributed by atoms with Gasteiger partial charge in [-0.3, -0.25) is 4.79 Å². The SMILES string of the molecule is Cc1ccc(C)c(OCC(=O)N(CCN(C)C)Cc2ccc(C#N)cc2)c1. The number of nitriles is 1. The van der Waals surface area contributed by atoms with Crippen molar-refractivity contribution in [2.75, 3.05) is 33.8 Å².